The lowest BCUT2D eigenvalue weighted by Gasteiger charge is -2.13. The Bertz CT molecular complexity index is 561. The van der Waals surface area contributed by atoms with Crippen molar-refractivity contribution < 1.29 is 48.6 Å². The number of aliphatic hydroxyl groups is 3. The van der Waals surface area contributed by atoms with Crippen molar-refractivity contribution in [1.29, 1.82) is 0 Å². The number of imide groups is 1. The molecule has 1 rings (SSSR count). The van der Waals surface area contributed by atoms with Crippen molar-refractivity contribution in [2.45, 2.75) is 6.42 Å². The molecule has 3 N–H and O–H groups in total. The molecule has 1 aliphatic heterocycles. The minimum atomic E-state index is -0.339. The Morgan fingerprint density at radius 3 is 1.58 bits per heavy atom. The lowest BCUT2D eigenvalue weighted by Crippen LogP contribution is -2.32. The fourth-order valence-corrected chi connectivity index (χ4v) is 1.76. The van der Waals surface area contributed by atoms with Gasteiger partial charge in [0.2, 0.25) is 0 Å². The maximum Gasteiger partial charge on any atom is 0.255 e. The minimum absolute atomic E-state index is 0.0141. The summed E-state index contributed by atoms with van der Waals surface area (Å²) in [5, 5.41) is 24.4. The van der Waals surface area contributed by atoms with Crippen LogP contribution in [-0.4, -0.2) is 118 Å². The highest BCUT2D eigenvalue weighted by molar-refractivity contribution is 6.12. The number of carbonyl (C=O) groups excluding carboxylic acids is 2. The van der Waals surface area contributed by atoms with Crippen molar-refractivity contribution in [2.24, 2.45) is 0 Å². The number of hydrogen-bond acceptors (Lipinski definition) is 10. The van der Waals surface area contributed by atoms with Gasteiger partial charge in [-0.25, -0.2) is 0 Å². The van der Waals surface area contributed by atoms with Crippen molar-refractivity contribution in [3.63, 3.8) is 0 Å². The number of carbonyl (C=O) groups is 2. The highest BCUT2D eigenvalue weighted by Gasteiger charge is 2.22. The number of ether oxygens (including phenoxy) is 5. The first-order valence-corrected chi connectivity index (χ1v) is 10.2. The number of aliphatic hydroxyl groups excluding tert-OH is 3. The van der Waals surface area contributed by atoms with E-state index in [4.69, 9.17) is 47.1 Å². The van der Waals surface area contributed by atoms with E-state index < -0.39 is 0 Å². The third-order valence-electron chi connectivity index (χ3n) is 3.15. The standard InChI is InChI=1S/C11H13NO4.C7H12O3.C4H10O3/c1-2-6-15-7-3-8-16-9-12-10(13)4-5-11(12)14;1-2-4-9-6-7-10-5-3-8;5-1-3-7-4-2-6/h1,4-5H,3,6-9H2;1,8H,3-7H2;5-6H,1-4H2. The monoisotopic (exact) mass is 473 g/mol. The van der Waals surface area contributed by atoms with Crippen LogP contribution in [0.4, 0.5) is 0 Å². The van der Waals surface area contributed by atoms with Gasteiger partial charge in [-0.2, -0.15) is 0 Å². The van der Waals surface area contributed by atoms with Gasteiger partial charge in [-0.1, -0.05) is 11.8 Å². The average molecular weight is 474 g/mol. The van der Waals surface area contributed by atoms with Gasteiger partial charge in [0.25, 0.3) is 11.8 Å². The number of nitrogens with zero attached hydrogens (tertiary/aromatic N) is 1. The molecule has 0 aromatic carbocycles. The topological polar surface area (TPSA) is 144 Å². The van der Waals surface area contributed by atoms with Gasteiger partial charge < -0.3 is 39.0 Å². The second-order valence-electron chi connectivity index (χ2n) is 5.74. The van der Waals surface area contributed by atoms with E-state index in [1.807, 2.05) is 0 Å². The smallest absolute Gasteiger partial charge is 0.255 e. The van der Waals surface area contributed by atoms with Crippen molar-refractivity contribution in [2.75, 3.05) is 86.0 Å². The van der Waals surface area contributed by atoms with Gasteiger partial charge in [0.15, 0.2) is 0 Å². The number of amides is 2. The van der Waals surface area contributed by atoms with Crippen molar-refractivity contribution in [1.82, 2.24) is 4.90 Å². The van der Waals surface area contributed by atoms with Crippen molar-refractivity contribution >= 4 is 11.8 Å². The molecule has 0 aromatic heterocycles. The molecule has 1 aliphatic rings. The molecular formula is C22H35NO10. The highest BCUT2D eigenvalue weighted by atomic mass is 16.5. The van der Waals surface area contributed by atoms with E-state index in [0.717, 1.165) is 4.90 Å². The number of terminal acetylenes is 2. The molecule has 33 heavy (non-hydrogen) atoms. The summed E-state index contributed by atoms with van der Waals surface area (Å²) in [6.07, 6.45) is 13.0. The maximum absolute atomic E-state index is 11.1. The van der Waals surface area contributed by atoms with Gasteiger partial charge in [-0.15, -0.1) is 12.8 Å². The van der Waals surface area contributed by atoms with E-state index in [0.29, 0.717) is 59.3 Å². The third-order valence-corrected chi connectivity index (χ3v) is 3.15. The van der Waals surface area contributed by atoms with Crippen LogP contribution in [0.2, 0.25) is 0 Å². The summed E-state index contributed by atoms with van der Waals surface area (Å²) in [7, 11) is 0. The average Bonchev–Trinajstić information content (AvgIpc) is 3.14. The normalized spacial score (nSPS) is 11.8. The summed E-state index contributed by atoms with van der Waals surface area (Å²) < 4.78 is 24.6. The summed E-state index contributed by atoms with van der Waals surface area (Å²) in [5.74, 6) is 4.00. The molecule has 11 heteroatoms. The molecule has 0 radical (unpaired) electrons. The molecule has 0 spiro atoms. The van der Waals surface area contributed by atoms with Crippen molar-refractivity contribution in [3.8, 4) is 24.7 Å². The third kappa shape index (κ3) is 24.2. The molecular weight excluding hydrogens is 438 g/mol. The zero-order valence-electron chi connectivity index (χ0n) is 18.9. The second kappa shape index (κ2) is 27.7. The van der Waals surface area contributed by atoms with E-state index in [-0.39, 0.29) is 45.0 Å². The Balaban J connectivity index is 0. The van der Waals surface area contributed by atoms with E-state index in [2.05, 4.69) is 16.6 Å². The molecule has 188 valence electrons. The SMILES string of the molecule is C#CCOCCCOCN1C(=O)C=CC1=O.C#CCOCCOCCO.OCCOCCO. The Morgan fingerprint density at radius 2 is 1.09 bits per heavy atom. The zero-order valence-corrected chi connectivity index (χ0v) is 18.9. The van der Waals surface area contributed by atoms with E-state index in [1.165, 1.54) is 12.2 Å². The first-order chi connectivity index (χ1) is 16.1. The number of hydrogen-bond donors (Lipinski definition) is 3. The van der Waals surface area contributed by atoms with E-state index in [1.54, 1.807) is 0 Å². The van der Waals surface area contributed by atoms with E-state index >= 15 is 0 Å². The summed E-state index contributed by atoms with van der Waals surface area (Å²) in [6, 6.07) is 0. The Morgan fingerprint density at radius 1 is 0.667 bits per heavy atom. The fourth-order valence-electron chi connectivity index (χ4n) is 1.76. The van der Waals surface area contributed by atoms with Gasteiger partial charge in [-0.05, 0) is 6.42 Å². The lowest BCUT2D eigenvalue weighted by molar-refractivity contribution is -0.143. The molecule has 0 aliphatic carbocycles. The van der Waals surface area contributed by atoms with Crippen LogP contribution in [0.5, 0.6) is 0 Å². The predicted molar refractivity (Wildman–Crippen MR) is 119 cm³/mol. The molecule has 2 amide bonds. The summed E-state index contributed by atoms with van der Waals surface area (Å²) in [5.41, 5.74) is 0. The minimum Gasteiger partial charge on any atom is -0.394 e. The first-order valence-electron chi connectivity index (χ1n) is 10.2. The molecule has 0 fully saturated rings. The van der Waals surface area contributed by atoms with Crippen LogP contribution in [0.1, 0.15) is 6.42 Å². The van der Waals surface area contributed by atoms with Gasteiger partial charge >= 0.3 is 0 Å². The lowest BCUT2D eigenvalue weighted by atomic mass is 10.5. The second-order valence-corrected chi connectivity index (χ2v) is 5.74. The molecule has 0 aromatic rings. The molecule has 0 bridgehead atoms. The summed E-state index contributed by atoms with van der Waals surface area (Å²) >= 11 is 0. The molecule has 1 heterocycles. The van der Waals surface area contributed by atoms with Crippen LogP contribution < -0.4 is 0 Å². The van der Waals surface area contributed by atoms with Crippen LogP contribution in [0, 0.1) is 24.7 Å². The van der Waals surface area contributed by atoms with Crippen LogP contribution in [0.25, 0.3) is 0 Å². The quantitative estimate of drug-likeness (QED) is 0.130. The van der Waals surface area contributed by atoms with Crippen LogP contribution >= 0.6 is 0 Å². The molecule has 11 nitrogen and oxygen atoms in total. The molecule has 0 atom stereocenters. The summed E-state index contributed by atoms with van der Waals surface area (Å²) in [4.78, 5) is 23.2. The van der Waals surface area contributed by atoms with Crippen LogP contribution in [-0.2, 0) is 33.3 Å². The largest absolute Gasteiger partial charge is 0.394 e. The fraction of sp³-hybridized carbons (Fsp3) is 0.636. The van der Waals surface area contributed by atoms with Crippen LogP contribution in [0.3, 0.4) is 0 Å². The maximum atomic E-state index is 11.1. The molecule has 0 saturated carbocycles. The molecule has 0 saturated heterocycles. The van der Waals surface area contributed by atoms with Gasteiger partial charge in [0.1, 0.15) is 19.9 Å². The number of rotatable bonds is 17. The van der Waals surface area contributed by atoms with Gasteiger partial charge in [-0.3, -0.25) is 14.5 Å². The van der Waals surface area contributed by atoms with E-state index in [9.17, 15) is 9.59 Å². The zero-order chi connectivity index (χ0) is 25.0. The Hall–Kier alpha value is -2.32. The Kier molecular flexibility index (Phi) is 27.6. The first kappa shape index (κ1) is 32.9. The van der Waals surface area contributed by atoms with Gasteiger partial charge in [0, 0.05) is 12.2 Å². The molecule has 0 unspecified atom stereocenters. The van der Waals surface area contributed by atoms with Crippen LogP contribution in [0.15, 0.2) is 12.2 Å². The van der Waals surface area contributed by atoms with Crippen molar-refractivity contribution in [3.05, 3.63) is 12.2 Å². The summed E-state index contributed by atoms with van der Waals surface area (Å²) in [6.45, 7) is 3.60. The highest BCUT2D eigenvalue weighted by Crippen LogP contribution is 2.03. The predicted octanol–water partition coefficient (Wildman–Crippen LogP) is -1.44. The Labute approximate surface area is 195 Å². The van der Waals surface area contributed by atoms with Gasteiger partial charge in [0.05, 0.1) is 66.1 Å².